The molecule has 0 bridgehead atoms. The smallest absolute Gasteiger partial charge is 0.241 e. The molecule has 0 fully saturated rings. The average molecular weight is 1720 g/mol. The van der Waals surface area contributed by atoms with Gasteiger partial charge in [0.1, 0.15) is 11.6 Å². The Morgan fingerprint density at radius 2 is 0.757 bits per heavy atom. The molecule has 0 aliphatic carbocycles. The number of benzene rings is 4. The number of rotatable bonds is 16. The van der Waals surface area contributed by atoms with Crippen molar-refractivity contribution in [2.45, 2.75) is 46.5 Å². The number of aromatic nitrogens is 21. The van der Waals surface area contributed by atoms with Crippen molar-refractivity contribution in [3.05, 3.63) is 332 Å². The first-order chi connectivity index (χ1) is 48.3. The minimum absolute atomic E-state index is 0. The molecular formula is C78H65N21Pd4-8. The number of nitrogens with zero attached hydrogens (tertiary/aromatic N) is 21. The Labute approximate surface area is 653 Å². The van der Waals surface area contributed by atoms with Crippen molar-refractivity contribution in [3.63, 3.8) is 0 Å². The van der Waals surface area contributed by atoms with E-state index in [0.717, 1.165) is 113 Å². The van der Waals surface area contributed by atoms with Gasteiger partial charge in [0.2, 0.25) is 25.3 Å². The fourth-order valence-electron chi connectivity index (χ4n) is 10.6. The van der Waals surface area contributed by atoms with Crippen molar-refractivity contribution in [1.82, 2.24) is 83.5 Å². The second kappa shape index (κ2) is 36.6. The van der Waals surface area contributed by atoms with Gasteiger partial charge in [0, 0.05) is 184 Å². The molecule has 12 heterocycles. The Morgan fingerprint density at radius 1 is 0.388 bits per heavy atom. The van der Waals surface area contributed by atoms with Crippen molar-refractivity contribution in [3.8, 4) is 68.6 Å². The van der Waals surface area contributed by atoms with Crippen LogP contribution in [0, 0.1) is 70.3 Å². The van der Waals surface area contributed by atoms with E-state index in [1.165, 1.54) is 6.33 Å². The van der Waals surface area contributed by atoms with Gasteiger partial charge in [0.25, 0.3) is 0 Å². The molecule has 0 aliphatic rings. The summed E-state index contributed by atoms with van der Waals surface area (Å²) < 4.78 is 15.2. The molecule has 0 spiro atoms. The van der Waals surface area contributed by atoms with Crippen LogP contribution in [0.25, 0.3) is 68.6 Å². The van der Waals surface area contributed by atoms with Crippen molar-refractivity contribution < 1.29 is 100.0 Å². The summed E-state index contributed by atoms with van der Waals surface area (Å²) >= 11 is 0. The van der Waals surface area contributed by atoms with Gasteiger partial charge in [-0.3, -0.25) is 9.97 Å². The fraction of sp³-hybridized carbons (Fsp3) is 0.141. The molecule has 530 valence electrons. The van der Waals surface area contributed by atoms with Crippen molar-refractivity contribution in [2.24, 2.45) is 28.2 Å². The summed E-state index contributed by atoms with van der Waals surface area (Å²) in [7, 11) is 7.78. The summed E-state index contributed by atoms with van der Waals surface area (Å²) in [5, 5.41) is 16.3. The second-order valence-electron chi connectivity index (χ2n) is 23.4. The molecule has 0 unspecified atom stereocenters. The third-order valence-electron chi connectivity index (χ3n) is 15.3. The monoisotopic (exact) mass is 1720 g/mol. The molecule has 0 radical (unpaired) electrons. The Balaban J connectivity index is 0.000000157. The third kappa shape index (κ3) is 21.0. The second-order valence-corrected chi connectivity index (χ2v) is 23.4. The SMILES string of the molecule is C[n+]1[c-]n(-c2[c-]c(Cc3cccc(-c4cnc[n-]4)n3)ccc2)cc1.Cc1cc(-c2cccc(Cc3[c-]c(-n4[c-][n+](C)cc4)ccc3)n2)[n-]n1.Cc1cc(-c2nccc(Cc3[c-]c(-n4[c-][n+](C)cc4)ccc3)n2)[n-]n1.Cc1ccc(-c2nccc(Cc3[c-]c(-n4[c-][n+](C)cc4)ccc3)n2)[n-]1.[Pd].[Pd].[Pd].[Pd]. The summed E-state index contributed by atoms with van der Waals surface area (Å²) in [5.41, 5.74) is 19.5. The van der Waals surface area contributed by atoms with Crippen molar-refractivity contribution >= 4 is 0 Å². The van der Waals surface area contributed by atoms with Crippen LogP contribution in [-0.2, 0) is 136 Å². The molecule has 0 atom stereocenters. The zero-order valence-corrected chi connectivity index (χ0v) is 63.0. The number of hydrogen-bond acceptors (Lipinski definition) is 9. The topological polar surface area (TPSA) is 208 Å². The maximum Gasteiger partial charge on any atom is 0.241 e. The standard InChI is InChI=1S/2C20H17N5.C19H16N6.C19H15N5.4Pd/c1-15-11-20(23-22-15)19-8-4-6-17(21-19)12-16-5-3-7-18(13-16)25-10-9-24(2)14-25;1-15-6-7-19(22-15)20-21-9-8-17(23-20)12-16-4-3-5-18(13-16)25-11-10-24(2)14-25;1-14-10-18(23-22-14)19-20-7-6-16(21-19)11-15-4-3-5-17(12-15)25-9-8-24(2)13-25;1-23-8-9-24(14-23)17-6-2-4-15(11-17)10-16-5-3-7-18(22-16)19-12-20-13-21-19;;;;/h2*3-11H,12H2,1-2H3;3-10H,11H2,1-2H3;2-9,12-13H,10H2,1H3;;;;/q4*-2;;;;. The molecule has 16 aromatic rings. The summed E-state index contributed by atoms with van der Waals surface area (Å²) in [6.07, 6.45) is 37.9. The predicted octanol–water partition coefficient (Wildman–Crippen LogP) is 7.94. The summed E-state index contributed by atoms with van der Waals surface area (Å²) in [4.78, 5) is 39.9. The maximum atomic E-state index is 4.72. The van der Waals surface area contributed by atoms with Crippen LogP contribution in [0.2, 0.25) is 0 Å². The fourth-order valence-corrected chi connectivity index (χ4v) is 10.6. The zero-order chi connectivity index (χ0) is 68.0. The van der Waals surface area contributed by atoms with Gasteiger partial charge in [0.15, 0.2) is 0 Å². The summed E-state index contributed by atoms with van der Waals surface area (Å²) in [6.45, 7) is 5.80. The number of pyridine rings is 2. The molecule has 25 heteroatoms. The third-order valence-corrected chi connectivity index (χ3v) is 15.3. The van der Waals surface area contributed by atoms with E-state index in [0.29, 0.717) is 43.0 Å². The molecule has 4 aromatic carbocycles. The largest absolute Gasteiger partial charge is 0.658 e. The van der Waals surface area contributed by atoms with Crippen LogP contribution in [0.5, 0.6) is 0 Å². The van der Waals surface area contributed by atoms with Crippen LogP contribution < -0.4 is 38.4 Å². The minimum Gasteiger partial charge on any atom is -0.658 e. The Kier molecular flexibility index (Phi) is 27.3. The maximum absolute atomic E-state index is 4.72. The molecule has 16 rings (SSSR count). The number of imidazole rings is 5. The molecular weight excluding hydrogens is 1660 g/mol. The van der Waals surface area contributed by atoms with E-state index in [2.05, 4.69) is 128 Å². The molecule has 0 aliphatic heterocycles. The number of hydrogen-bond donors (Lipinski definition) is 0. The van der Waals surface area contributed by atoms with Gasteiger partial charge < -0.3 is 71.9 Å². The van der Waals surface area contributed by atoms with E-state index >= 15 is 0 Å². The van der Waals surface area contributed by atoms with Gasteiger partial charge in [-0.2, -0.15) is 125 Å². The van der Waals surface area contributed by atoms with Gasteiger partial charge in [0.05, 0.1) is 33.9 Å². The Hall–Kier alpha value is -10.3. The van der Waals surface area contributed by atoms with Crippen LogP contribution in [0.1, 0.15) is 62.1 Å². The molecule has 0 N–H and O–H groups in total. The van der Waals surface area contributed by atoms with Gasteiger partial charge >= 0.3 is 0 Å². The average Bonchev–Trinajstić information content (AvgIpc) is 1.84. The Morgan fingerprint density at radius 3 is 1.10 bits per heavy atom. The number of aryl methyl sites for hydroxylation is 7. The minimum atomic E-state index is 0. The van der Waals surface area contributed by atoms with E-state index in [1.54, 1.807) is 18.6 Å². The predicted molar refractivity (Wildman–Crippen MR) is 365 cm³/mol. The van der Waals surface area contributed by atoms with Gasteiger partial charge in [-0.1, -0.05) is 95.7 Å². The van der Waals surface area contributed by atoms with Crippen LogP contribution >= 0.6 is 0 Å². The van der Waals surface area contributed by atoms with Crippen LogP contribution in [0.4, 0.5) is 0 Å². The van der Waals surface area contributed by atoms with Gasteiger partial charge in [-0.25, -0.2) is 19.9 Å². The molecule has 0 saturated heterocycles. The Bertz CT molecular complexity index is 4690. The van der Waals surface area contributed by atoms with E-state index in [-0.39, 0.29) is 81.7 Å². The first-order valence-electron chi connectivity index (χ1n) is 31.8. The normalized spacial score (nSPS) is 10.5. The molecule has 0 amide bonds. The summed E-state index contributed by atoms with van der Waals surface area (Å²) in [6, 6.07) is 61.6. The van der Waals surface area contributed by atoms with Gasteiger partial charge in [-0.05, 0) is 81.6 Å². The molecule has 103 heavy (non-hydrogen) atoms. The van der Waals surface area contributed by atoms with Crippen molar-refractivity contribution in [2.75, 3.05) is 0 Å². The first kappa shape index (κ1) is 76.9. The van der Waals surface area contributed by atoms with E-state index in [4.69, 9.17) is 4.98 Å². The molecule has 12 aromatic heterocycles. The molecule has 21 nitrogen and oxygen atoms in total. The quantitative estimate of drug-likeness (QED) is 0.0512. The molecule has 0 saturated carbocycles. The van der Waals surface area contributed by atoms with Gasteiger partial charge in [-0.15, -0.1) is 0 Å². The zero-order valence-electron chi connectivity index (χ0n) is 56.8. The van der Waals surface area contributed by atoms with E-state index < -0.39 is 0 Å². The van der Waals surface area contributed by atoms with Crippen molar-refractivity contribution in [1.29, 1.82) is 0 Å². The van der Waals surface area contributed by atoms with Crippen LogP contribution in [0.3, 0.4) is 0 Å². The van der Waals surface area contributed by atoms with E-state index in [9.17, 15) is 0 Å². The van der Waals surface area contributed by atoms with E-state index in [1.807, 2.05) is 262 Å². The summed E-state index contributed by atoms with van der Waals surface area (Å²) in [5.74, 6) is 1.26. The van der Waals surface area contributed by atoms with Crippen LogP contribution in [0.15, 0.2) is 220 Å². The first-order valence-corrected chi connectivity index (χ1v) is 31.8. The van der Waals surface area contributed by atoms with Crippen LogP contribution in [-0.4, -0.2) is 63.4 Å².